The van der Waals surface area contributed by atoms with Crippen LogP contribution in [0.25, 0.3) is 11.1 Å². The summed E-state index contributed by atoms with van der Waals surface area (Å²) in [6.45, 7) is 1.74. The van der Waals surface area contributed by atoms with Crippen molar-refractivity contribution in [3.05, 3.63) is 106 Å². The molecule has 0 saturated carbocycles. The molecular formula is C34H30ClFN4O6. The van der Waals surface area contributed by atoms with Gasteiger partial charge in [-0.05, 0) is 54.4 Å². The molecule has 2 atom stereocenters. The zero-order chi connectivity index (χ0) is 32.4. The van der Waals surface area contributed by atoms with Gasteiger partial charge in [0.05, 0.1) is 35.8 Å². The highest BCUT2D eigenvalue weighted by molar-refractivity contribution is 6.34. The number of aryl methyl sites for hydroxylation is 1. The average molecular weight is 645 g/mol. The standard InChI is InChI=1S/C34H30ClFN4O6/c1-19-6-9-26(36)31(32(19)35)34(43)40-16-27-29(17-40)46-25-8-7-21(28(12-25)44-2)15-38-30(41)18-45-24-5-3-4-20(11-24)22-10-23(14-37-13-22)33(42)39-27/h3-14,27,29H,15-18H2,1-2H3,(H,38,41)(H,39,42)/t27-,29-/m0/s1. The van der Waals surface area contributed by atoms with Crippen LogP contribution in [0.4, 0.5) is 4.39 Å². The summed E-state index contributed by atoms with van der Waals surface area (Å²) in [5.74, 6) is -0.774. The summed E-state index contributed by atoms with van der Waals surface area (Å²) in [4.78, 5) is 45.5. The van der Waals surface area contributed by atoms with Crippen LogP contribution >= 0.6 is 11.6 Å². The van der Waals surface area contributed by atoms with E-state index in [2.05, 4.69) is 15.6 Å². The first-order valence-corrected chi connectivity index (χ1v) is 14.9. The molecule has 1 fully saturated rings. The third-order valence-corrected chi connectivity index (χ3v) is 8.41. The molecule has 4 aromatic rings. The van der Waals surface area contributed by atoms with Crippen molar-refractivity contribution >= 4 is 29.3 Å². The minimum Gasteiger partial charge on any atom is -0.496 e. The molecule has 3 aliphatic heterocycles. The number of hydrogen-bond acceptors (Lipinski definition) is 7. The smallest absolute Gasteiger partial charge is 0.258 e. The van der Waals surface area contributed by atoms with Crippen molar-refractivity contribution in [3.8, 4) is 28.4 Å². The zero-order valence-electron chi connectivity index (χ0n) is 25.0. The summed E-state index contributed by atoms with van der Waals surface area (Å²) in [6, 6.07) is 15.9. The number of carbonyl (C=O) groups excluding carboxylic acids is 3. The van der Waals surface area contributed by atoms with Crippen molar-refractivity contribution in [2.24, 2.45) is 0 Å². The molecule has 2 N–H and O–H groups in total. The molecule has 12 heteroatoms. The van der Waals surface area contributed by atoms with Crippen LogP contribution in [0.5, 0.6) is 17.2 Å². The quantitative estimate of drug-likeness (QED) is 0.328. The Morgan fingerprint density at radius 1 is 1.02 bits per heavy atom. The lowest BCUT2D eigenvalue weighted by Crippen LogP contribution is -2.45. The Morgan fingerprint density at radius 2 is 1.85 bits per heavy atom. The van der Waals surface area contributed by atoms with E-state index in [1.54, 1.807) is 55.6 Å². The molecule has 0 unspecified atom stereocenters. The predicted molar refractivity (Wildman–Crippen MR) is 168 cm³/mol. The number of rotatable bonds is 2. The zero-order valence-corrected chi connectivity index (χ0v) is 25.8. The summed E-state index contributed by atoms with van der Waals surface area (Å²) in [5.41, 5.74) is 2.69. The highest BCUT2D eigenvalue weighted by atomic mass is 35.5. The topological polar surface area (TPSA) is 119 Å². The van der Waals surface area contributed by atoms with Gasteiger partial charge < -0.3 is 29.7 Å². The Labute approximate surface area is 269 Å². The maximum Gasteiger partial charge on any atom is 0.258 e. The van der Waals surface area contributed by atoms with E-state index >= 15 is 0 Å². The molecule has 0 radical (unpaired) electrons. The van der Waals surface area contributed by atoms with Crippen LogP contribution in [-0.4, -0.2) is 66.6 Å². The van der Waals surface area contributed by atoms with Crippen LogP contribution in [0.2, 0.25) is 5.02 Å². The van der Waals surface area contributed by atoms with Gasteiger partial charge in [0.2, 0.25) is 0 Å². The first kappa shape index (κ1) is 30.8. The van der Waals surface area contributed by atoms with Crippen LogP contribution in [0.3, 0.4) is 0 Å². The maximum atomic E-state index is 14.9. The van der Waals surface area contributed by atoms with Gasteiger partial charge in [-0.3, -0.25) is 19.4 Å². The van der Waals surface area contributed by atoms with E-state index in [1.165, 1.54) is 30.3 Å². The van der Waals surface area contributed by atoms with E-state index in [1.807, 2.05) is 6.07 Å². The van der Waals surface area contributed by atoms with Crippen molar-refractivity contribution in [1.29, 1.82) is 0 Å². The lowest BCUT2D eigenvalue weighted by atomic mass is 10.1. The third kappa shape index (κ3) is 6.45. The summed E-state index contributed by atoms with van der Waals surface area (Å²) < 4.78 is 32.5. The van der Waals surface area contributed by atoms with Gasteiger partial charge in [0.25, 0.3) is 17.7 Å². The van der Waals surface area contributed by atoms with E-state index in [0.29, 0.717) is 33.9 Å². The first-order chi connectivity index (χ1) is 22.2. The second-order valence-corrected chi connectivity index (χ2v) is 11.4. The molecule has 6 bridgehead atoms. The van der Waals surface area contributed by atoms with E-state index < -0.39 is 29.8 Å². The van der Waals surface area contributed by atoms with Crippen LogP contribution in [0.15, 0.2) is 73.1 Å². The fourth-order valence-electron chi connectivity index (χ4n) is 5.46. The Kier molecular flexibility index (Phi) is 8.76. The number of amides is 3. The van der Waals surface area contributed by atoms with Gasteiger partial charge in [-0.25, -0.2) is 4.39 Å². The van der Waals surface area contributed by atoms with Crippen LogP contribution < -0.4 is 24.8 Å². The molecule has 1 saturated heterocycles. The summed E-state index contributed by atoms with van der Waals surface area (Å²) >= 11 is 6.37. The van der Waals surface area contributed by atoms with Crippen molar-refractivity contribution in [2.45, 2.75) is 25.6 Å². The van der Waals surface area contributed by atoms with Crippen LogP contribution in [0.1, 0.15) is 31.8 Å². The van der Waals surface area contributed by atoms with Gasteiger partial charge in [0.1, 0.15) is 29.2 Å². The Bertz CT molecular complexity index is 1840. The Balaban J connectivity index is 1.36. The molecular weight excluding hydrogens is 615 g/mol. The molecule has 3 aliphatic rings. The molecule has 3 aromatic carbocycles. The molecule has 4 heterocycles. The summed E-state index contributed by atoms with van der Waals surface area (Å²) in [6.07, 6.45) is 2.34. The van der Waals surface area contributed by atoms with Gasteiger partial charge in [-0.1, -0.05) is 29.8 Å². The largest absolute Gasteiger partial charge is 0.496 e. The lowest BCUT2D eigenvalue weighted by Gasteiger charge is -2.22. The highest BCUT2D eigenvalue weighted by Gasteiger charge is 2.40. The number of fused-ring (bicyclic) bond motifs is 7. The van der Waals surface area contributed by atoms with E-state index in [9.17, 15) is 18.8 Å². The average Bonchev–Trinajstić information content (AvgIpc) is 3.46. The number of ether oxygens (including phenoxy) is 3. The minimum absolute atomic E-state index is 0.0312. The van der Waals surface area contributed by atoms with Crippen LogP contribution in [-0.2, 0) is 11.3 Å². The molecule has 1 aromatic heterocycles. The molecule has 3 amide bonds. The number of methoxy groups -OCH3 is 1. The fraction of sp³-hybridized carbons (Fsp3) is 0.235. The first-order valence-electron chi connectivity index (χ1n) is 14.5. The lowest BCUT2D eigenvalue weighted by molar-refractivity contribution is -0.123. The minimum atomic E-state index is -0.737. The third-order valence-electron chi connectivity index (χ3n) is 7.93. The predicted octanol–water partition coefficient (Wildman–Crippen LogP) is 4.57. The van der Waals surface area contributed by atoms with Crippen LogP contribution in [0, 0.1) is 12.7 Å². The number of likely N-dealkylation sites (tertiary alicyclic amines) is 1. The van der Waals surface area contributed by atoms with Gasteiger partial charge in [-0.2, -0.15) is 0 Å². The molecule has 0 aliphatic carbocycles. The number of aromatic nitrogens is 1. The van der Waals surface area contributed by atoms with Gasteiger partial charge in [0, 0.05) is 42.7 Å². The van der Waals surface area contributed by atoms with Gasteiger partial charge in [-0.15, -0.1) is 0 Å². The number of halogens is 2. The van der Waals surface area contributed by atoms with Crippen molar-refractivity contribution in [1.82, 2.24) is 20.5 Å². The van der Waals surface area contributed by atoms with Gasteiger partial charge in [0.15, 0.2) is 6.61 Å². The molecule has 236 valence electrons. The van der Waals surface area contributed by atoms with Gasteiger partial charge >= 0.3 is 0 Å². The van der Waals surface area contributed by atoms with E-state index in [-0.39, 0.29) is 48.3 Å². The number of benzene rings is 3. The molecule has 0 spiro atoms. The molecule has 10 nitrogen and oxygen atoms in total. The Hall–Kier alpha value is -5.16. The van der Waals surface area contributed by atoms with E-state index in [0.717, 1.165) is 5.56 Å². The number of pyridine rings is 1. The molecule has 7 rings (SSSR count). The SMILES string of the molecule is COc1cc2ccc1CNC(=O)COc1cccc(c1)-c1cncc(c1)C(=O)N[C@H]1CN(C(=O)c3c(F)ccc(C)c3Cl)C[C@@H]1O2. The van der Waals surface area contributed by atoms with Crippen molar-refractivity contribution < 1.29 is 33.0 Å². The van der Waals surface area contributed by atoms with Crippen molar-refractivity contribution in [2.75, 3.05) is 26.8 Å². The summed E-state index contributed by atoms with van der Waals surface area (Å²) in [7, 11) is 1.50. The number of nitrogens with one attached hydrogen (secondary N) is 2. The maximum absolute atomic E-state index is 14.9. The van der Waals surface area contributed by atoms with Crippen molar-refractivity contribution in [3.63, 3.8) is 0 Å². The number of nitrogens with zero attached hydrogens (tertiary/aromatic N) is 2. The second-order valence-electron chi connectivity index (χ2n) is 11.0. The number of carbonyl (C=O) groups is 3. The highest BCUT2D eigenvalue weighted by Crippen LogP contribution is 2.30. The van der Waals surface area contributed by atoms with E-state index in [4.69, 9.17) is 25.8 Å². The number of hydrogen-bond donors (Lipinski definition) is 2. The summed E-state index contributed by atoms with van der Waals surface area (Å²) in [5, 5.41) is 5.85. The monoisotopic (exact) mass is 644 g/mol. The Morgan fingerprint density at radius 3 is 2.67 bits per heavy atom. The second kappa shape index (κ2) is 13.1. The fourth-order valence-corrected chi connectivity index (χ4v) is 5.69. The normalized spacial score (nSPS) is 18.0. The molecule has 46 heavy (non-hydrogen) atoms.